The number of nitrogens with two attached hydrogens (primary N) is 3. The lowest BCUT2D eigenvalue weighted by Crippen LogP contribution is -2.36. The van der Waals surface area contributed by atoms with Gasteiger partial charge in [0, 0.05) is 33.4 Å². The van der Waals surface area contributed by atoms with Crippen molar-refractivity contribution in [2.24, 2.45) is 17.2 Å². The molecule has 0 fully saturated rings. The molecule has 0 unspecified atom stereocenters. The summed E-state index contributed by atoms with van der Waals surface area (Å²) in [7, 11) is 0. The van der Waals surface area contributed by atoms with Crippen LogP contribution in [0, 0.1) is 0 Å². The Morgan fingerprint density at radius 1 is 0.886 bits per heavy atom. The third-order valence-electron chi connectivity index (χ3n) is 4.06. The van der Waals surface area contributed by atoms with Crippen LogP contribution in [0.4, 0.5) is 5.69 Å². The summed E-state index contributed by atoms with van der Waals surface area (Å²) in [5.74, 6) is 0.240. The summed E-state index contributed by atoms with van der Waals surface area (Å²) in [4.78, 5) is 15.1. The lowest BCUT2D eigenvalue weighted by Gasteiger charge is -2.09. The average Bonchev–Trinajstić information content (AvgIpc) is 2.92. The van der Waals surface area contributed by atoms with Gasteiger partial charge in [-0.15, -0.1) is 0 Å². The van der Waals surface area contributed by atoms with Gasteiger partial charge in [-0.05, 0) is 30.3 Å². The number of hydrogen-bond donors (Lipinski definition) is 4. The Morgan fingerprint density at radius 2 is 1.46 bits per heavy atom. The van der Waals surface area contributed by atoms with Crippen LogP contribution < -0.4 is 37.7 Å². The van der Waals surface area contributed by atoms with Crippen LogP contribution in [0.1, 0.15) is 52.0 Å². The van der Waals surface area contributed by atoms with Crippen LogP contribution in [0.3, 0.4) is 0 Å². The van der Waals surface area contributed by atoms with E-state index in [1.54, 1.807) is 18.2 Å². The first kappa shape index (κ1) is 31.3. The summed E-state index contributed by atoms with van der Waals surface area (Å²) in [5.41, 5.74) is 19.2. The molecule has 0 spiro atoms. The third kappa shape index (κ3) is 10.4. The average molecular weight is 500 g/mol. The molecular weight excluding hydrogens is 462 g/mol. The molecule has 0 saturated carbocycles. The molecule has 0 aliphatic rings. The molecule has 0 aliphatic heterocycles. The maximum atomic E-state index is 11.2. The molecule has 0 saturated heterocycles. The number of anilines is 1. The fraction of sp³-hybridized carbons (Fsp3) is 0.259. The second-order valence-electron chi connectivity index (χ2n) is 6.15. The van der Waals surface area contributed by atoms with Crippen LogP contribution in [-0.2, 0) is 0 Å². The quantitative estimate of drug-likeness (QED) is 0.402. The number of rotatable bonds is 6. The minimum absolute atomic E-state index is 0.0907. The fourth-order valence-corrected chi connectivity index (χ4v) is 2.75. The topological polar surface area (TPSA) is 129 Å². The number of primary amides is 1. The Bertz CT molecular complexity index is 1150. The number of nitrogens with one attached hydrogen (secondary N) is 1. The van der Waals surface area contributed by atoms with E-state index < -0.39 is 5.91 Å². The van der Waals surface area contributed by atoms with Crippen molar-refractivity contribution in [3.05, 3.63) is 88.0 Å². The number of carbonyl (C=O) groups is 1. The molecule has 1 heterocycles. The fourth-order valence-electron chi connectivity index (χ4n) is 2.63. The lowest BCUT2D eigenvalue weighted by atomic mass is 10.2. The van der Waals surface area contributed by atoms with Gasteiger partial charge in [0.25, 0.3) is 5.91 Å². The predicted molar refractivity (Wildman–Crippen MR) is 148 cm³/mol. The minimum atomic E-state index is -0.631. The second kappa shape index (κ2) is 17.7. The van der Waals surface area contributed by atoms with E-state index in [9.17, 15) is 4.79 Å². The van der Waals surface area contributed by atoms with Gasteiger partial charge in [-0.2, -0.15) is 0 Å². The van der Waals surface area contributed by atoms with Crippen molar-refractivity contribution in [3.63, 3.8) is 0 Å². The summed E-state index contributed by atoms with van der Waals surface area (Å²) < 4.78 is 5.68. The normalized spacial score (nSPS) is 11.1. The number of halogens is 1. The van der Waals surface area contributed by atoms with E-state index in [1.807, 2.05) is 77.9 Å². The zero-order valence-corrected chi connectivity index (χ0v) is 22.2. The van der Waals surface area contributed by atoms with E-state index >= 15 is 0 Å². The molecule has 3 rings (SSSR count). The van der Waals surface area contributed by atoms with Gasteiger partial charge >= 0.3 is 0 Å². The van der Waals surface area contributed by atoms with Gasteiger partial charge in [0.15, 0.2) is 0 Å². The number of pyridine rings is 1. The summed E-state index contributed by atoms with van der Waals surface area (Å²) in [5, 5.41) is 5.24. The van der Waals surface area contributed by atoms with Gasteiger partial charge in [-0.3, -0.25) is 9.78 Å². The molecule has 3 aromatic rings. The molecular formula is C27H38ClN5O2. The Balaban J connectivity index is 0.00000179. The standard InChI is InChI=1S/C21H20ClN5O2.3C2H6/c22-13-5-7-14(8-6-13)27-20(24)17-4-2-1-3-16(17)18(23)12-29-15-9-10-26-19(11-15)21(25)28;3*1-2/h1-11,27H,12,23-24H2,(H2,25,28);3*1-2H3/b18-16-,20-17+;;;. The molecule has 190 valence electrons. The van der Waals surface area contributed by atoms with Gasteiger partial charge < -0.3 is 27.3 Å². The summed E-state index contributed by atoms with van der Waals surface area (Å²) in [6, 6.07) is 17.7. The van der Waals surface area contributed by atoms with Crippen molar-refractivity contribution >= 4 is 34.7 Å². The SMILES string of the molecule is CC.CC.CC.NC(=O)c1cc(OC/C(N)=c2\cccc\c2=C(\N)Nc2ccc(Cl)cc2)ccn1. The van der Waals surface area contributed by atoms with Crippen LogP contribution in [0.2, 0.25) is 5.02 Å². The van der Waals surface area contributed by atoms with Crippen molar-refractivity contribution < 1.29 is 9.53 Å². The van der Waals surface area contributed by atoms with Crippen molar-refractivity contribution in [1.82, 2.24) is 4.98 Å². The Kier molecular flexibility index (Phi) is 15.8. The molecule has 1 amide bonds. The van der Waals surface area contributed by atoms with Crippen LogP contribution in [-0.4, -0.2) is 17.5 Å². The van der Waals surface area contributed by atoms with E-state index in [0.717, 1.165) is 16.1 Å². The zero-order valence-electron chi connectivity index (χ0n) is 21.4. The highest BCUT2D eigenvalue weighted by atomic mass is 35.5. The van der Waals surface area contributed by atoms with E-state index in [-0.39, 0.29) is 12.3 Å². The number of benzene rings is 2. The van der Waals surface area contributed by atoms with Gasteiger partial charge in [-0.1, -0.05) is 77.4 Å². The number of ether oxygens (including phenoxy) is 1. The van der Waals surface area contributed by atoms with Crippen molar-refractivity contribution in [2.45, 2.75) is 41.5 Å². The number of carbonyl (C=O) groups excluding carboxylic acids is 1. The predicted octanol–water partition coefficient (Wildman–Crippen LogP) is 4.19. The molecule has 1 aromatic heterocycles. The molecule has 0 atom stereocenters. The smallest absolute Gasteiger partial charge is 0.267 e. The van der Waals surface area contributed by atoms with Crippen LogP contribution in [0.5, 0.6) is 5.75 Å². The van der Waals surface area contributed by atoms with Gasteiger partial charge in [-0.25, -0.2) is 0 Å². The Labute approximate surface area is 213 Å². The first-order chi connectivity index (χ1) is 16.9. The van der Waals surface area contributed by atoms with Crippen molar-refractivity contribution in [3.8, 4) is 5.75 Å². The highest BCUT2D eigenvalue weighted by Crippen LogP contribution is 2.14. The maximum Gasteiger partial charge on any atom is 0.267 e. The number of hydrogen-bond acceptors (Lipinski definition) is 6. The Morgan fingerprint density at radius 3 is 2.03 bits per heavy atom. The monoisotopic (exact) mass is 499 g/mol. The number of nitrogens with zero attached hydrogens (tertiary/aromatic N) is 1. The molecule has 0 aliphatic carbocycles. The first-order valence-electron chi connectivity index (χ1n) is 11.7. The number of aromatic nitrogens is 1. The third-order valence-corrected chi connectivity index (χ3v) is 4.32. The first-order valence-corrected chi connectivity index (χ1v) is 12.1. The largest absolute Gasteiger partial charge is 0.487 e. The van der Waals surface area contributed by atoms with E-state index in [1.165, 1.54) is 12.3 Å². The minimum Gasteiger partial charge on any atom is -0.487 e. The van der Waals surface area contributed by atoms with E-state index in [4.69, 9.17) is 33.5 Å². The molecule has 7 N–H and O–H groups in total. The molecule has 2 aromatic carbocycles. The van der Waals surface area contributed by atoms with Gasteiger partial charge in [0.1, 0.15) is 23.9 Å². The highest BCUT2D eigenvalue weighted by Gasteiger charge is 2.05. The van der Waals surface area contributed by atoms with Crippen LogP contribution >= 0.6 is 11.6 Å². The molecule has 0 bridgehead atoms. The zero-order chi connectivity index (χ0) is 26.8. The highest BCUT2D eigenvalue weighted by molar-refractivity contribution is 6.30. The summed E-state index contributed by atoms with van der Waals surface area (Å²) in [6.45, 7) is 12.1. The van der Waals surface area contributed by atoms with E-state index in [2.05, 4.69) is 10.3 Å². The molecule has 8 heteroatoms. The van der Waals surface area contributed by atoms with E-state index in [0.29, 0.717) is 22.3 Å². The molecule has 0 radical (unpaired) electrons. The summed E-state index contributed by atoms with van der Waals surface area (Å²) in [6.07, 6.45) is 1.45. The van der Waals surface area contributed by atoms with Gasteiger partial charge in [0.05, 0.1) is 5.70 Å². The van der Waals surface area contributed by atoms with Crippen molar-refractivity contribution in [2.75, 3.05) is 11.9 Å². The number of amides is 1. The molecule has 35 heavy (non-hydrogen) atoms. The summed E-state index contributed by atoms with van der Waals surface area (Å²) >= 11 is 5.92. The van der Waals surface area contributed by atoms with Gasteiger partial charge in [0.2, 0.25) is 0 Å². The lowest BCUT2D eigenvalue weighted by molar-refractivity contribution is 0.0995. The second-order valence-corrected chi connectivity index (χ2v) is 6.58. The molecule has 7 nitrogen and oxygen atoms in total. The van der Waals surface area contributed by atoms with Crippen molar-refractivity contribution in [1.29, 1.82) is 0 Å². The Hall–Kier alpha value is -3.71. The van der Waals surface area contributed by atoms with Crippen LogP contribution in [0.25, 0.3) is 11.5 Å². The van der Waals surface area contributed by atoms with Crippen LogP contribution in [0.15, 0.2) is 66.9 Å². The maximum absolute atomic E-state index is 11.2.